The summed E-state index contributed by atoms with van der Waals surface area (Å²) in [6, 6.07) is 12.2. The van der Waals surface area contributed by atoms with Crippen LogP contribution in [-0.2, 0) is 10.0 Å². The summed E-state index contributed by atoms with van der Waals surface area (Å²) in [6.07, 6.45) is 0.972. The molecule has 3 N–H and O–H groups in total. The second-order valence-corrected chi connectivity index (χ2v) is 7.22. The van der Waals surface area contributed by atoms with Crippen molar-refractivity contribution in [3.05, 3.63) is 64.5 Å². The first-order valence-electron chi connectivity index (χ1n) is 7.35. The fourth-order valence-corrected chi connectivity index (χ4v) is 2.84. The van der Waals surface area contributed by atoms with Crippen LogP contribution in [0.25, 0.3) is 11.0 Å². The highest BCUT2D eigenvalue weighted by atomic mass is 32.2. The van der Waals surface area contributed by atoms with Crippen molar-refractivity contribution in [3.8, 4) is 11.5 Å². The van der Waals surface area contributed by atoms with E-state index in [4.69, 9.17) is 14.9 Å². The lowest BCUT2D eigenvalue weighted by molar-refractivity contribution is 0.0974. The summed E-state index contributed by atoms with van der Waals surface area (Å²) in [5, 5.41) is 0.111. The number of benzene rings is 2. The third kappa shape index (κ3) is 3.83. The Balaban J connectivity index is 2.22. The van der Waals surface area contributed by atoms with Crippen molar-refractivity contribution in [1.82, 2.24) is 0 Å². The lowest BCUT2D eigenvalue weighted by Gasteiger charge is -2.13. The number of ether oxygens (including phenoxy) is 1. The zero-order valence-electron chi connectivity index (χ0n) is 13.6. The van der Waals surface area contributed by atoms with Crippen molar-refractivity contribution in [3.63, 3.8) is 0 Å². The van der Waals surface area contributed by atoms with Gasteiger partial charge in [0.1, 0.15) is 11.3 Å². The number of anilines is 1. The second kappa shape index (κ2) is 6.52. The molecule has 1 amide bonds. The predicted octanol–water partition coefficient (Wildman–Crippen LogP) is 2.06. The molecule has 0 bridgehead atoms. The molecule has 1 aromatic heterocycles. The summed E-state index contributed by atoms with van der Waals surface area (Å²) in [5.41, 5.74) is 4.68. The Kier molecular flexibility index (Phi) is 4.39. The van der Waals surface area contributed by atoms with Crippen LogP contribution in [-0.4, -0.2) is 20.6 Å². The first-order valence-corrected chi connectivity index (χ1v) is 9.24. The van der Waals surface area contributed by atoms with Gasteiger partial charge in [0.2, 0.25) is 10.0 Å². The highest BCUT2D eigenvalue weighted by molar-refractivity contribution is 7.92. The number of primary amides is 1. The number of carbonyl (C=O) groups is 1. The van der Waals surface area contributed by atoms with Gasteiger partial charge >= 0.3 is 0 Å². The Labute approximate surface area is 148 Å². The van der Waals surface area contributed by atoms with Gasteiger partial charge in [0, 0.05) is 12.1 Å². The molecule has 134 valence electrons. The van der Waals surface area contributed by atoms with Crippen molar-refractivity contribution >= 4 is 32.6 Å². The molecule has 8 nitrogen and oxygen atoms in total. The minimum absolute atomic E-state index is 0.00198. The number of hydrogen-bond donors (Lipinski definition) is 2. The number of rotatable bonds is 5. The van der Waals surface area contributed by atoms with Crippen molar-refractivity contribution < 1.29 is 22.4 Å². The number of nitrogens with one attached hydrogen (secondary N) is 1. The van der Waals surface area contributed by atoms with E-state index in [-0.39, 0.29) is 28.2 Å². The fourth-order valence-electron chi connectivity index (χ4n) is 2.28. The van der Waals surface area contributed by atoms with Gasteiger partial charge in [-0.25, -0.2) is 8.42 Å². The average Bonchev–Trinajstić information content (AvgIpc) is 2.55. The maximum atomic E-state index is 12.2. The normalized spacial score (nSPS) is 11.3. The zero-order chi connectivity index (χ0) is 18.9. The molecule has 0 unspecified atom stereocenters. The molecule has 3 rings (SSSR count). The lowest BCUT2D eigenvalue weighted by atomic mass is 10.2. The minimum atomic E-state index is -3.64. The Morgan fingerprint density at radius 1 is 1.15 bits per heavy atom. The van der Waals surface area contributed by atoms with E-state index in [2.05, 4.69) is 4.72 Å². The largest absolute Gasteiger partial charge is 0.455 e. The first kappa shape index (κ1) is 17.5. The van der Waals surface area contributed by atoms with Gasteiger partial charge in [-0.2, -0.15) is 0 Å². The third-order valence-corrected chi connectivity index (χ3v) is 3.93. The number of hydrogen-bond acceptors (Lipinski definition) is 6. The van der Waals surface area contributed by atoms with E-state index in [1.54, 1.807) is 30.3 Å². The Morgan fingerprint density at radius 2 is 1.85 bits per heavy atom. The predicted molar refractivity (Wildman–Crippen MR) is 96.0 cm³/mol. The van der Waals surface area contributed by atoms with E-state index in [0.717, 1.165) is 12.3 Å². The van der Waals surface area contributed by atoms with E-state index in [9.17, 15) is 18.0 Å². The lowest BCUT2D eigenvalue weighted by Crippen LogP contribution is -2.15. The molecule has 1 heterocycles. The summed E-state index contributed by atoms with van der Waals surface area (Å²) < 4.78 is 36.6. The standard InChI is InChI=1S/C17H14N2O6S/c1-26(22,23)19-12-8-14-11(13(20)9-16(25-14)17(18)21)7-15(12)24-10-5-3-2-4-6-10/h2-9,19H,1H3,(H2,18,21). The molecule has 0 aliphatic rings. The number of nitrogens with two attached hydrogens (primary N) is 1. The number of carbonyl (C=O) groups excluding carboxylic acids is 1. The number of fused-ring (bicyclic) bond motifs is 1. The van der Waals surface area contributed by atoms with Crippen LogP contribution in [0.5, 0.6) is 11.5 Å². The van der Waals surface area contributed by atoms with E-state index >= 15 is 0 Å². The van der Waals surface area contributed by atoms with Gasteiger partial charge in [0.15, 0.2) is 16.9 Å². The van der Waals surface area contributed by atoms with Crippen molar-refractivity contribution in [2.24, 2.45) is 5.73 Å². The molecular formula is C17H14N2O6S. The van der Waals surface area contributed by atoms with E-state index in [1.165, 1.54) is 12.1 Å². The number of para-hydroxylation sites is 1. The average molecular weight is 374 g/mol. The first-order chi connectivity index (χ1) is 12.2. The maximum absolute atomic E-state index is 12.2. The zero-order valence-corrected chi connectivity index (χ0v) is 14.4. The van der Waals surface area contributed by atoms with Crippen LogP contribution in [0.4, 0.5) is 5.69 Å². The summed E-state index contributed by atoms with van der Waals surface area (Å²) in [6.45, 7) is 0. The van der Waals surface area contributed by atoms with Crippen LogP contribution in [0.15, 0.2) is 57.7 Å². The van der Waals surface area contributed by atoms with Gasteiger partial charge < -0.3 is 14.9 Å². The molecule has 2 aromatic carbocycles. The van der Waals surface area contributed by atoms with Gasteiger partial charge in [0.25, 0.3) is 5.91 Å². The number of sulfonamides is 1. The summed E-state index contributed by atoms with van der Waals surface area (Å²) in [4.78, 5) is 23.5. The van der Waals surface area contributed by atoms with Gasteiger partial charge in [-0.05, 0) is 18.2 Å². The molecule has 0 aliphatic heterocycles. The summed E-state index contributed by atoms with van der Waals surface area (Å²) in [7, 11) is -3.64. The van der Waals surface area contributed by atoms with E-state index in [1.807, 2.05) is 0 Å². The third-order valence-electron chi connectivity index (χ3n) is 3.34. The highest BCUT2D eigenvalue weighted by Gasteiger charge is 2.16. The second-order valence-electron chi connectivity index (χ2n) is 5.47. The molecule has 0 radical (unpaired) electrons. The monoisotopic (exact) mass is 374 g/mol. The Bertz CT molecular complexity index is 1150. The van der Waals surface area contributed by atoms with Crippen LogP contribution in [0.2, 0.25) is 0 Å². The number of amides is 1. The van der Waals surface area contributed by atoms with Crippen LogP contribution < -0.4 is 20.6 Å². The maximum Gasteiger partial charge on any atom is 0.284 e. The summed E-state index contributed by atoms with van der Waals surface area (Å²) in [5.74, 6) is -0.689. The molecule has 26 heavy (non-hydrogen) atoms. The molecule has 0 fully saturated rings. The van der Waals surface area contributed by atoms with Gasteiger partial charge in [-0.1, -0.05) is 18.2 Å². The van der Waals surface area contributed by atoms with Crippen molar-refractivity contribution in [2.45, 2.75) is 0 Å². The Hall–Kier alpha value is -3.33. The van der Waals surface area contributed by atoms with Crippen molar-refractivity contribution in [2.75, 3.05) is 11.0 Å². The van der Waals surface area contributed by atoms with E-state index < -0.39 is 21.4 Å². The molecular weight excluding hydrogens is 360 g/mol. The van der Waals surface area contributed by atoms with Crippen LogP contribution >= 0.6 is 0 Å². The Morgan fingerprint density at radius 3 is 2.46 bits per heavy atom. The topological polar surface area (TPSA) is 129 Å². The molecule has 0 saturated heterocycles. The van der Waals surface area contributed by atoms with E-state index in [0.29, 0.717) is 5.75 Å². The molecule has 3 aromatic rings. The quantitative estimate of drug-likeness (QED) is 0.703. The molecule has 0 saturated carbocycles. The summed E-state index contributed by atoms with van der Waals surface area (Å²) >= 11 is 0. The van der Waals surface area contributed by atoms with Gasteiger partial charge in [-0.15, -0.1) is 0 Å². The fraction of sp³-hybridized carbons (Fsp3) is 0.0588. The van der Waals surface area contributed by atoms with Crippen molar-refractivity contribution in [1.29, 1.82) is 0 Å². The molecule has 0 aliphatic carbocycles. The molecule has 9 heteroatoms. The highest BCUT2D eigenvalue weighted by Crippen LogP contribution is 2.33. The van der Waals surface area contributed by atoms with Gasteiger partial charge in [-0.3, -0.25) is 14.3 Å². The molecule has 0 spiro atoms. The SMILES string of the molecule is CS(=O)(=O)Nc1cc2oc(C(N)=O)cc(=O)c2cc1Oc1ccccc1. The van der Waals surface area contributed by atoms with Crippen LogP contribution in [0, 0.1) is 0 Å². The smallest absolute Gasteiger partial charge is 0.284 e. The molecule has 0 atom stereocenters. The van der Waals surface area contributed by atoms with Crippen LogP contribution in [0.3, 0.4) is 0 Å². The van der Waals surface area contributed by atoms with Gasteiger partial charge in [0.05, 0.1) is 17.3 Å². The minimum Gasteiger partial charge on any atom is -0.455 e. The van der Waals surface area contributed by atoms with Crippen LogP contribution in [0.1, 0.15) is 10.6 Å².